The summed E-state index contributed by atoms with van der Waals surface area (Å²) in [5, 5.41) is 3.03. The summed E-state index contributed by atoms with van der Waals surface area (Å²) in [6.45, 7) is 6.75. The predicted octanol–water partition coefficient (Wildman–Crippen LogP) is 3.51. The maximum Gasteiger partial charge on any atom is 0.238 e. The van der Waals surface area contributed by atoms with Crippen molar-refractivity contribution in [2.75, 3.05) is 25.0 Å². The van der Waals surface area contributed by atoms with Crippen molar-refractivity contribution < 1.29 is 4.79 Å². The van der Waals surface area contributed by atoms with Crippen LogP contribution in [0.5, 0.6) is 0 Å². The van der Waals surface area contributed by atoms with Gasteiger partial charge in [-0.2, -0.15) is 0 Å². The first-order chi connectivity index (χ1) is 9.63. The minimum absolute atomic E-state index is 0.107. The molecule has 0 spiro atoms. The van der Waals surface area contributed by atoms with E-state index in [0.29, 0.717) is 6.54 Å². The number of rotatable bonds is 3. The fraction of sp³-hybridized carbons (Fsp3) is 0.588. The molecule has 0 atom stereocenters. The van der Waals surface area contributed by atoms with E-state index in [1.165, 1.54) is 43.2 Å². The number of amides is 1. The third-order valence-electron chi connectivity index (χ3n) is 3.82. The van der Waals surface area contributed by atoms with Gasteiger partial charge in [0.05, 0.1) is 6.54 Å². The molecule has 0 radical (unpaired) electrons. The summed E-state index contributed by atoms with van der Waals surface area (Å²) in [6, 6.07) is 6.17. The number of carbonyl (C=O) groups excluding carboxylic acids is 1. The Kier molecular flexibility index (Phi) is 5.60. The lowest BCUT2D eigenvalue weighted by Crippen LogP contribution is -2.35. The number of likely N-dealkylation sites (tertiary alicyclic amines) is 1. The van der Waals surface area contributed by atoms with Crippen molar-refractivity contribution in [2.45, 2.75) is 46.0 Å². The van der Waals surface area contributed by atoms with Crippen LogP contribution in [-0.2, 0) is 4.79 Å². The zero-order chi connectivity index (χ0) is 14.4. The largest absolute Gasteiger partial charge is 0.325 e. The highest BCUT2D eigenvalue weighted by molar-refractivity contribution is 5.92. The van der Waals surface area contributed by atoms with E-state index < -0.39 is 0 Å². The molecule has 0 bridgehead atoms. The summed E-state index contributed by atoms with van der Waals surface area (Å²) in [7, 11) is 0. The molecule has 3 nitrogen and oxygen atoms in total. The molecule has 1 amide bonds. The van der Waals surface area contributed by atoms with Gasteiger partial charge in [-0.1, -0.05) is 25.3 Å². The number of nitrogens with zero attached hydrogens (tertiary/aromatic N) is 1. The van der Waals surface area contributed by atoms with Crippen LogP contribution in [0.2, 0.25) is 0 Å². The second-order valence-corrected chi connectivity index (χ2v) is 5.97. The maximum absolute atomic E-state index is 12.1. The van der Waals surface area contributed by atoms with Crippen LogP contribution >= 0.6 is 0 Å². The zero-order valence-corrected chi connectivity index (χ0v) is 12.7. The SMILES string of the molecule is Cc1cc(C)cc(NC(=O)CN2CCCCCCC2)c1. The van der Waals surface area contributed by atoms with Gasteiger partial charge in [0, 0.05) is 5.69 Å². The molecule has 1 fully saturated rings. The smallest absolute Gasteiger partial charge is 0.238 e. The Bertz CT molecular complexity index is 428. The fourth-order valence-corrected chi connectivity index (χ4v) is 2.92. The normalized spacial score (nSPS) is 17.3. The molecule has 2 rings (SSSR count). The molecule has 1 aliphatic heterocycles. The van der Waals surface area contributed by atoms with Gasteiger partial charge in [0.15, 0.2) is 0 Å². The van der Waals surface area contributed by atoms with Crippen LogP contribution in [0.15, 0.2) is 18.2 Å². The molecule has 1 saturated heterocycles. The standard InChI is InChI=1S/C17H26N2O/c1-14-10-15(2)12-16(11-14)18-17(20)13-19-8-6-4-3-5-7-9-19/h10-12H,3-9,13H2,1-2H3,(H,18,20). The van der Waals surface area contributed by atoms with Crippen molar-refractivity contribution in [2.24, 2.45) is 0 Å². The van der Waals surface area contributed by atoms with Crippen LogP contribution in [-0.4, -0.2) is 30.4 Å². The Morgan fingerprint density at radius 3 is 2.15 bits per heavy atom. The summed E-state index contributed by atoms with van der Waals surface area (Å²) in [5.41, 5.74) is 3.29. The highest BCUT2D eigenvalue weighted by Crippen LogP contribution is 2.14. The van der Waals surface area contributed by atoms with E-state index >= 15 is 0 Å². The van der Waals surface area contributed by atoms with Crippen molar-refractivity contribution in [3.05, 3.63) is 29.3 Å². The maximum atomic E-state index is 12.1. The highest BCUT2D eigenvalue weighted by atomic mass is 16.2. The summed E-state index contributed by atoms with van der Waals surface area (Å²) < 4.78 is 0. The molecule has 3 heteroatoms. The Hall–Kier alpha value is -1.35. The summed E-state index contributed by atoms with van der Waals surface area (Å²) in [6.07, 6.45) is 6.39. The molecule has 1 aliphatic rings. The van der Waals surface area contributed by atoms with E-state index in [-0.39, 0.29) is 5.91 Å². The molecule has 110 valence electrons. The van der Waals surface area contributed by atoms with E-state index in [0.717, 1.165) is 18.8 Å². The molecule has 0 saturated carbocycles. The molecular formula is C17H26N2O. The number of aryl methyl sites for hydroxylation is 2. The second kappa shape index (κ2) is 7.44. The van der Waals surface area contributed by atoms with Crippen molar-refractivity contribution >= 4 is 11.6 Å². The van der Waals surface area contributed by atoms with Gasteiger partial charge in [0.2, 0.25) is 5.91 Å². The van der Waals surface area contributed by atoms with Crippen molar-refractivity contribution in [3.63, 3.8) is 0 Å². The molecule has 0 unspecified atom stereocenters. The third kappa shape index (κ3) is 4.97. The van der Waals surface area contributed by atoms with Gasteiger partial charge in [0.25, 0.3) is 0 Å². The fourth-order valence-electron chi connectivity index (χ4n) is 2.92. The number of hydrogen-bond donors (Lipinski definition) is 1. The summed E-state index contributed by atoms with van der Waals surface area (Å²) in [4.78, 5) is 14.4. The second-order valence-electron chi connectivity index (χ2n) is 5.97. The van der Waals surface area contributed by atoms with E-state index in [4.69, 9.17) is 0 Å². The predicted molar refractivity (Wildman–Crippen MR) is 84.1 cm³/mol. The molecule has 0 aromatic heterocycles. The quantitative estimate of drug-likeness (QED) is 0.915. The van der Waals surface area contributed by atoms with Gasteiger partial charge >= 0.3 is 0 Å². The van der Waals surface area contributed by atoms with Crippen molar-refractivity contribution in [3.8, 4) is 0 Å². The summed E-state index contributed by atoms with van der Waals surface area (Å²) >= 11 is 0. The lowest BCUT2D eigenvalue weighted by Gasteiger charge is -2.23. The first kappa shape index (κ1) is 15.0. The van der Waals surface area contributed by atoms with Gasteiger partial charge in [-0.3, -0.25) is 9.69 Å². The van der Waals surface area contributed by atoms with Gasteiger partial charge in [0.1, 0.15) is 0 Å². The number of benzene rings is 1. The Morgan fingerprint density at radius 2 is 1.55 bits per heavy atom. The van der Waals surface area contributed by atoms with Crippen molar-refractivity contribution in [1.29, 1.82) is 0 Å². The van der Waals surface area contributed by atoms with E-state index in [1.807, 2.05) is 12.1 Å². The first-order valence-corrected chi connectivity index (χ1v) is 7.74. The molecule has 0 aliphatic carbocycles. The average Bonchev–Trinajstić information content (AvgIpc) is 2.31. The first-order valence-electron chi connectivity index (χ1n) is 7.74. The van der Waals surface area contributed by atoms with Crippen LogP contribution in [0.4, 0.5) is 5.69 Å². The molecule has 1 aromatic rings. The minimum Gasteiger partial charge on any atom is -0.325 e. The number of nitrogens with one attached hydrogen (secondary N) is 1. The van der Waals surface area contributed by atoms with Gasteiger partial charge in [-0.05, 0) is 63.0 Å². The monoisotopic (exact) mass is 274 g/mol. The summed E-state index contributed by atoms with van der Waals surface area (Å²) in [5.74, 6) is 0.107. The van der Waals surface area contributed by atoms with Crippen molar-refractivity contribution in [1.82, 2.24) is 4.90 Å². The number of hydrogen-bond acceptors (Lipinski definition) is 2. The van der Waals surface area contributed by atoms with E-state index in [9.17, 15) is 4.79 Å². The van der Waals surface area contributed by atoms with Crippen LogP contribution in [0.3, 0.4) is 0 Å². The Balaban J connectivity index is 1.87. The number of anilines is 1. The van der Waals surface area contributed by atoms with Crippen LogP contribution in [0.1, 0.15) is 43.2 Å². The van der Waals surface area contributed by atoms with Crippen LogP contribution in [0, 0.1) is 13.8 Å². The highest BCUT2D eigenvalue weighted by Gasteiger charge is 2.12. The third-order valence-corrected chi connectivity index (χ3v) is 3.82. The molecule has 1 N–H and O–H groups in total. The average molecular weight is 274 g/mol. The van der Waals surface area contributed by atoms with Gasteiger partial charge in [-0.25, -0.2) is 0 Å². The number of carbonyl (C=O) groups is 1. The topological polar surface area (TPSA) is 32.3 Å². The van der Waals surface area contributed by atoms with E-state index in [1.54, 1.807) is 0 Å². The molecule has 1 heterocycles. The molecule has 20 heavy (non-hydrogen) atoms. The lowest BCUT2D eigenvalue weighted by molar-refractivity contribution is -0.117. The van der Waals surface area contributed by atoms with Crippen LogP contribution < -0.4 is 5.32 Å². The Morgan fingerprint density at radius 1 is 1.00 bits per heavy atom. The molecular weight excluding hydrogens is 248 g/mol. The van der Waals surface area contributed by atoms with Crippen LogP contribution in [0.25, 0.3) is 0 Å². The van der Waals surface area contributed by atoms with Gasteiger partial charge < -0.3 is 5.32 Å². The van der Waals surface area contributed by atoms with Gasteiger partial charge in [-0.15, -0.1) is 0 Å². The lowest BCUT2D eigenvalue weighted by atomic mass is 10.1. The van der Waals surface area contributed by atoms with E-state index in [2.05, 4.69) is 30.1 Å². The molecule has 1 aromatic carbocycles. The minimum atomic E-state index is 0.107. The zero-order valence-electron chi connectivity index (χ0n) is 12.7. The Labute approximate surface area is 122 Å².